The second kappa shape index (κ2) is 6.94. The number of hydrogen-bond acceptors (Lipinski definition) is 3. The highest BCUT2D eigenvalue weighted by atomic mass is 19.4. The predicted octanol–water partition coefficient (Wildman–Crippen LogP) is 1.02. The number of carbonyl (C=O) groups excluding carboxylic acids is 1. The lowest BCUT2D eigenvalue weighted by Crippen LogP contribution is -2.45. The molecule has 0 aliphatic carbocycles. The van der Waals surface area contributed by atoms with Gasteiger partial charge in [-0.1, -0.05) is 0 Å². The molecule has 1 amide bonds. The minimum Gasteiger partial charge on any atom is -0.383 e. The van der Waals surface area contributed by atoms with Crippen LogP contribution in [-0.2, 0) is 9.53 Å². The molecule has 1 aliphatic rings. The van der Waals surface area contributed by atoms with E-state index in [4.69, 9.17) is 4.74 Å². The number of hydrogen-bond donors (Lipinski definition) is 1. The summed E-state index contributed by atoms with van der Waals surface area (Å²) in [6.07, 6.45) is -2.87. The van der Waals surface area contributed by atoms with Crippen LogP contribution in [0.25, 0.3) is 0 Å². The lowest BCUT2D eigenvalue weighted by molar-refractivity contribution is -0.141. The number of amides is 1. The maximum atomic E-state index is 12.0. The normalized spacial score (nSPS) is 21.9. The van der Waals surface area contributed by atoms with E-state index < -0.39 is 18.6 Å². The monoisotopic (exact) mass is 268 g/mol. The van der Waals surface area contributed by atoms with E-state index in [0.717, 1.165) is 13.0 Å². The number of alkyl halides is 3. The quantitative estimate of drug-likeness (QED) is 0.809. The zero-order chi connectivity index (χ0) is 13.6. The third-order valence-electron chi connectivity index (χ3n) is 2.95. The van der Waals surface area contributed by atoms with Crippen molar-refractivity contribution in [3.05, 3.63) is 0 Å². The van der Waals surface area contributed by atoms with Gasteiger partial charge in [0, 0.05) is 20.2 Å². The second-order valence-corrected chi connectivity index (χ2v) is 4.47. The summed E-state index contributed by atoms with van der Waals surface area (Å²) in [5.41, 5.74) is 0. The van der Waals surface area contributed by atoms with Crippen molar-refractivity contribution in [2.75, 3.05) is 39.9 Å². The third-order valence-corrected chi connectivity index (χ3v) is 2.95. The van der Waals surface area contributed by atoms with Gasteiger partial charge in [0.15, 0.2) is 0 Å². The second-order valence-electron chi connectivity index (χ2n) is 4.47. The molecule has 0 spiro atoms. The van der Waals surface area contributed by atoms with Gasteiger partial charge in [-0.15, -0.1) is 0 Å². The van der Waals surface area contributed by atoms with Gasteiger partial charge in [-0.25, -0.2) is 0 Å². The fraction of sp³-hybridized carbons (Fsp3) is 0.909. The van der Waals surface area contributed by atoms with Crippen LogP contribution in [0.1, 0.15) is 12.8 Å². The van der Waals surface area contributed by atoms with Gasteiger partial charge >= 0.3 is 6.18 Å². The number of halogens is 3. The maximum Gasteiger partial charge on any atom is 0.405 e. The molecule has 1 atom stereocenters. The van der Waals surface area contributed by atoms with Crippen molar-refractivity contribution in [2.24, 2.45) is 5.92 Å². The van der Waals surface area contributed by atoms with E-state index in [-0.39, 0.29) is 5.92 Å². The summed E-state index contributed by atoms with van der Waals surface area (Å²) < 4.78 is 40.9. The van der Waals surface area contributed by atoms with E-state index in [1.54, 1.807) is 7.11 Å². The number of methoxy groups -OCH3 is 1. The zero-order valence-electron chi connectivity index (χ0n) is 10.4. The molecule has 1 saturated heterocycles. The standard InChI is InChI=1S/C11H19F3N2O2/c1-18-6-5-16-4-2-3-9(7-16)10(17)15-8-11(12,13)14/h9H,2-8H2,1H3,(H,15,17)/t9-/m0/s1. The van der Waals surface area contributed by atoms with Crippen LogP contribution in [0.2, 0.25) is 0 Å². The topological polar surface area (TPSA) is 41.6 Å². The molecule has 0 saturated carbocycles. The highest BCUT2D eigenvalue weighted by Crippen LogP contribution is 2.17. The number of rotatable bonds is 5. The van der Waals surface area contributed by atoms with E-state index in [1.165, 1.54) is 0 Å². The van der Waals surface area contributed by atoms with Gasteiger partial charge in [0.25, 0.3) is 0 Å². The molecular formula is C11H19F3N2O2. The van der Waals surface area contributed by atoms with Gasteiger partial charge in [0.1, 0.15) is 6.54 Å². The first-order valence-electron chi connectivity index (χ1n) is 5.98. The lowest BCUT2D eigenvalue weighted by atomic mass is 9.97. The van der Waals surface area contributed by atoms with Crippen molar-refractivity contribution in [3.8, 4) is 0 Å². The summed E-state index contributed by atoms with van der Waals surface area (Å²) in [5.74, 6) is -0.854. The van der Waals surface area contributed by atoms with Crippen LogP contribution in [0.15, 0.2) is 0 Å². The molecule has 18 heavy (non-hydrogen) atoms. The summed E-state index contributed by atoms with van der Waals surface area (Å²) in [6, 6.07) is 0. The van der Waals surface area contributed by atoms with Crippen molar-refractivity contribution in [3.63, 3.8) is 0 Å². The molecule has 1 aliphatic heterocycles. The molecule has 1 heterocycles. The molecule has 0 aromatic heterocycles. The zero-order valence-corrected chi connectivity index (χ0v) is 10.4. The first kappa shape index (κ1) is 15.2. The number of likely N-dealkylation sites (tertiary alicyclic amines) is 1. The van der Waals surface area contributed by atoms with Crippen LogP contribution < -0.4 is 5.32 Å². The van der Waals surface area contributed by atoms with E-state index in [2.05, 4.69) is 0 Å². The molecule has 0 aromatic rings. The van der Waals surface area contributed by atoms with Crippen molar-refractivity contribution < 1.29 is 22.7 Å². The average molecular weight is 268 g/mol. The molecule has 0 radical (unpaired) electrons. The molecule has 106 valence electrons. The van der Waals surface area contributed by atoms with Gasteiger partial charge in [-0.3, -0.25) is 4.79 Å². The Balaban J connectivity index is 2.34. The van der Waals surface area contributed by atoms with Crippen LogP contribution >= 0.6 is 0 Å². The molecule has 7 heteroatoms. The highest BCUT2D eigenvalue weighted by molar-refractivity contribution is 5.79. The van der Waals surface area contributed by atoms with E-state index in [0.29, 0.717) is 26.1 Å². The van der Waals surface area contributed by atoms with Crippen molar-refractivity contribution in [1.82, 2.24) is 10.2 Å². The summed E-state index contributed by atoms with van der Waals surface area (Å²) in [7, 11) is 1.59. The molecular weight excluding hydrogens is 249 g/mol. The largest absolute Gasteiger partial charge is 0.405 e. The van der Waals surface area contributed by atoms with Gasteiger partial charge < -0.3 is 15.0 Å². The SMILES string of the molecule is COCCN1CCC[C@H](C(=O)NCC(F)(F)F)C1. The van der Waals surface area contributed by atoms with Crippen LogP contribution in [0, 0.1) is 5.92 Å². The number of ether oxygens (including phenoxy) is 1. The fourth-order valence-electron chi connectivity index (χ4n) is 2.02. The molecule has 4 nitrogen and oxygen atoms in total. The van der Waals surface area contributed by atoms with Crippen molar-refractivity contribution in [2.45, 2.75) is 19.0 Å². The Labute approximate surface area is 104 Å². The van der Waals surface area contributed by atoms with Crippen molar-refractivity contribution in [1.29, 1.82) is 0 Å². The summed E-state index contributed by atoms with van der Waals surface area (Å²) in [4.78, 5) is 13.6. The number of nitrogens with zero attached hydrogens (tertiary/aromatic N) is 1. The molecule has 0 aromatic carbocycles. The first-order chi connectivity index (χ1) is 8.42. The molecule has 1 N–H and O–H groups in total. The Morgan fingerprint density at radius 1 is 1.50 bits per heavy atom. The van der Waals surface area contributed by atoms with Crippen LogP contribution in [0.4, 0.5) is 13.2 Å². The van der Waals surface area contributed by atoms with Crippen LogP contribution in [0.3, 0.4) is 0 Å². The van der Waals surface area contributed by atoms with Crippen LogP contribution in [0.5, 0.6) is 0 Å². The summed E-state index contributed by atoms with van der Waals surface area (Å²) in [5, 5.41) is 1.95. The molecule has 1 fully saturated rings. The minimum absolute atomic E-state index is 0.349. The van der Waals surface area contributed by atoms with E-state index >= 15 is 0 Å². The Kier molecular flexibility index (Phi) is 5.87. The third kappa shape index (κ3) is 5.68. The van der Waals surface area contributed by atoms with Gasteiger partial charge in [-0.05, 0) is 19.4 Å². The molecule has 0 unspecified atom stereocenters. The summed E-state index contributed by atoms with van der Waals surface area (Å²) >= 11 is 0. The number of nitrogens with one attached hydrogen (secondary N) is 1. The Morgan fingerprint density at radius 2 is 2.22 bits per heavy atom. The Morgan fingerprint density at radius 3 is 2.83 bits per heavy atom. The lowest BCUT2D eigenvalue weighted by Gasteiger charge is -2.31. The Hall–Kier alpha value is -0.820. The fourth-order valence-corrected chi connectivity index (χ4v) is 2.02. The van der Waals surface area contributed by atoms with Gasteiger partial charge in [0.05, 0.1) is 12.5 Å². The number of piperidine rings is 1. The smallest absolute Gasteiger partial charge is 0.383 e. The van der Waals surface area contributed by atoms with E-state index in [9.17, 15) is 18.0 Å². The van der Waals surface area contributed by atoms with Gasteiger partial charge in [-0.2, -0.15) is 13.2 Å². The van der Waals surface area contributed by atoms with Crippen LogP contribution in [-0.4, -0.2) is 56.9 Å². The minimum atomic E-state index is -4.35. The van der Waals surface area contributed by atoms with E-state index in [1.807, 2.05) is 10.2 Å². The molecule has 1 rings (SSSR count). The molecule has 0 bridgehead atoms. The highest BCUT2D eigenvalue weighted by Gasteiger charge is 2.31. The van der Waals surface area contributed by atoms with Crippen molar-refractivity contribution >= 4 is 5.91 Å². The first-order valence-corrected chi connectivity index (χ1v) is 5.98. The van der Waals surface area contributed by atoms with Gasteiger partial charge in [0.2, 0.25) is 5.91 Å². The number of carbonyl (C=O) groups is 1. The maximum absolute atomic E-state index is 12.0. The summed E-state index contributed by atoms with van der Waals surface area (Å²) in [6.45, 7) is 1.40. The predicted molar refractivity (Wildman–Crippen MR) is 60.1 cm³/mol. The Bertz CT molecular complexity index is 272. The average Bonchev–Trinajstić information content (AvgIpc) is 2.33.